The molecule has 3 N–H and O–H groups in total. The molecule has 3 heterocycles. The molecule has 8 nitrogen and oxygen atoms in total. The first-order chi connectivity index (χ1) is 9.63. The van der Waals surface area contributed by atoms with Gasteiger partial charge in [-0.3, -0.25) is 4.57 Å². The van der Waals surface area contributed by atoms with Crippen LogP contribution in [-0.2, 0) is 4.74 Å². The number of hydrogen-bond acceptors (Lipinski definition) is 7. The number of aromatic nitrogens is 4. The Morgan fingerprint density at radius 2 is 2.35 bits per heavy atom. The summed E-state index contributed by atoms with van der Waals surface area (Å²) in [6.07, 6.45) is 0.304. The second-order valence-corrected chi connectivity index (χ2v) is 5.24. The van der Waals surface area contributed by atoms with Crippen LogP contribution in [0.15, 0.2) is 11.1 Å². The fraction of sp³-hybridized carbons (Fsp3) is 0.545. The molecule has 2 aromatic rings. The Morgan fingerprint density at radius 1 is 1.55 bits per heavy atom. The average molecular weight is 344 g/mol. The Morgan fingerprint density at radius 3 is 3.00 bits per heavy atom. The van der Waals surface area contributed by atoms with Crippen molar-refractivity contribution in [2.45, 2.75) is 24.9 Å². The maximum absolute atomic E-state index is 9.81. The molecule has 108 valence electrons. The Bertz CT molecular complexity index is 634. The molecule has 0 bridgehead atoms. The first kappa shape index (κ1) is 13.7. The standard InChI is InChI=1S/C11H14BrN5O3/c1-13-9-8-10(16-11(12)15-9)17(4-14-8)7-2-5(19)6(3-18)20-7/h4-7,18-19H,2-3H2,1H3,(H,13,15,16)/t5-,6+,7-/m1/s1. The number of anilines is 1. The minimum atomic E-state index is -0.698. The smallest absolute Gasteiger partial charge is 0.200 e. The Balaban J connectivity index is 2.03. The molecule has 0 aliphatic carbocycles. The number of halogens is 1. The minimum Gasteiger partial charge on any atom is -0.394 e. The van der Waals surface area contributed by atoms with Gasteiger partial charge >= 0.3 is 0 Å². The molecule has 2 aromatic heterocycles. The summed E-state index contributed by atoms with van der Waals surface area (Å²) in [7, 11) is 1.75. The minimum absolute atomic E-state index is 0.218. The van der Waals surface area contributed by atoms with E-state index >= 15 is 0 Å². The van der Waals surface area contributed by atoms with Crippen LogP contribution in [0.4, 0.5) is 5.82 Å². The van der Waals surface area contributed by atoms with Crippen LogP contribution in [-0.4, -0.2) is 55.6 Å². The molecule has 0 saturated carbocycles. The van der Waals surface area contributed by atoms with Gasteiger partial charge in [0.2, 0.25) is 4.73 Å². The maximum Gasteiger partial charge on any atom is 0.200 e. The molecule has 0 spiro atoms. The van der Waals surface area contributed by atoms with Gasteiger partial charge in [0.25, 0.3) is 0 Å². The monoisotopic (exact) mass is 343 g/mol. The van der Waals surface area contributed by atoms with Crippen LogP contribution in [0.5, 0.6) is 0 Å². The van der Waals surface area contributed by atoms with Gasteiger partial charge in [0.15, 0.2) is 17.0 Å². The fourth-order valence-corrected chi connectivity index (χ4v) is 2.67. The lowest BCUT2D eigenvalue weighted by molar-refractivity contribution is -0.0432. The largest absolute Gasteiger partial charge is 0.394 e. The average Bonchev–Trinajstić information content (AvgIpc) is 3.00. The van der Waals surface area contributed by atoms with Crippen molar-refractivity contribution in [3.63, 3.8) is 0 Å². The summed E-state index contributed by atoms with van der Waals surface area (Å²) in [5.74, 6) is 0.609. The molecule has 0 amide bonds. The van der Waals surface area contributed by atoms with Crippen LogP contribution in [0.1, 0.15) is 12.6 Å². The topological polar surface area (TPSA) is 105 Å². The first-order valence-electron chi connectivity index (χ1n) is 6.16. The van der Waals surface area contributed by atoms with Gasteiger partial charge in [-0.25, -0.2) is 15.0 Å². The van der Waals surface area contributed by atoms with Gasteiger partial charge in [-0.05, 0) is 15.9 Å². The Kier molecular flexibility index (Phi) is 3.59. The number of rotatable bonds is 3. The van der Waals surface area contributed by atoms with Crippen molar-refractivity contribution in [3.05, 3.63) is 11.1 Å². The van der Waals surface area contributed by atoms with Crippen LogP contribution < -0.4 is 5.32 Å². The van der Waals surface area contributed by atoms with Crippen LogP contribution in [0.3, 0.4) is 0 Å². The molecule has 9 heteroatoms. The van der Waals surface area contributed by atoms with E-state index in [1.807, 2.05) is 0 Å². The number of hydrogen-bond donors (Lipinski definition) is 3. The lowest BCUT2D eigenvalue weighted by Crippen LogP contribution is -2.24. The van der Waals surface area contributed by atoms with E-state index < -0.39 is 18.4 Å². The first-order valence-corrected chi connectivity index (χ1v) is 6.95. The number of imidazole rings is 1. The predicted molar refractivity (Wildman–Crippen MR) is 74.2 cm³/mol. The van der Waals surface area contributed by atoms with Crippen LogP contribution in [0, 0.1) is 0 Å². The van der Waals surface area contributed by atoms with Crippen molar-refractivity contribution in [3.8, 4) is 0 Å². The van der Waals surface area contributed by atoms with Gasteiger partial charge in [0.1, 0.15) is 12.3 Å². The van der Waals surface area contributed by atoms with Gasteiger partial charge in [-0.15, -0.1) is 0 Å². The molecule has 1 aliphatic rings. The van der Waals surface area contributed by atoms with Crippen LogP contribution >= 0.6 is 15.9 Å². The van der Waals surface area contributed by atoms with E-state index in [9.17, 15) is 5.11 Å². The SMILES string of the molecule is CNc1nc(Br)nc2c1ncn2[C@H]1C[C@@H](O)[C@H](CO)O1. The highest BCUT2D eigenvalue weighted by Gasteiger charge is 2.35. The third-order valence-electron chi connectivity index (χ3n) is 3.33. The van der Waals surface area contributed by atoms with Gasteiger partial charge in [-0.2, -0.15) is 0 Å². The van der Waals surface area contributed by atoms with Crippen molar-refractivity contribution in [1.29, 1.82) is 0 Å². The van der Waals surface area contributed by atoms with E-state index in [2.05, 4.69) is 36.2 Å². The van der Waals surface area contributed by atoms with Crippen molar-refractivity contribution in [2.75, 3.05) is 19.0 Å². The molecular formula is C11H14BrN5O3. The zero-order valence-corrected chi connectivity index (χ0v) is 12.3. The Hall–Kier alpha value is -1.29. The van der Waals surface area contributed by atoms with Crippen LogP contribution in [0.25, 0.3) is 11.2 Å². The Labute approximate surface area is 122 Å². The molecule has 1 saturated heterocycles. The van der Waals surface area contributed by atoms with Crippen molar-refractivity contribution >= 4 is 32.9 Å². The summed E-state index contributed by atoms with van der Waals surface area (Å²) in [5.41, 5.74) is 1.23. The second kappa shape index (κ2) is 5.24. The molecule has 0 radical (unpaired) electrons. The quantitative estimate of drug-likeness (QED) is 0.687. The highest BCUT2D eigenvalue weighted by molar-refractivity contribution is 9.10. The van der Waals surface area contributed by atoms with Crippen molar-refractivity contribution < 1.29 is 14.9 Å². The van der Waals surface area contributed by atoms with E-state index in [0.29, 0.717) is 28.1 Å². The normalized spacial score (nSPS) is 26.3. The summed E-state index contributed by atoms with van der Waals surface area (Å²) >= 11 is 3.26. The van der Waals surface area contributed by atoms with E-state index in [-0.39, 0.29) is 6.61 Å². The summed E-state index contributed by atoms with van der Waals surface area (Å²) in [5, 5.41) is 21.9. The molecular weight excluding hydrogens is 330 g/mol. The van der Waals surface area contributed by atoms with Crippen molar-refractivity contribution in [1.82, 2.24) is 19.5 Å². The molecule has 1 fully saturated rings. The lowest BCUT2D eigenvalue weighted by atomic mass is 10.2. The van der Waals surface area contributed by atoms with Gasteiger partial charge < -0.3 is 20.3 Å². The number of aliphatic hydroxyl groups excluding tert-OH is 2. The second-order valence-electron chi connectivity index (χ2n) is 4.53. The molecule has 1 aliphatic heterocycles. The molecule has 3 rings (SSSR count). The summed E-state index contributed by atoms with van der Waals surface area (Å²) in [6, 6.07) is 0. The number of aliphatic hydroxyl groups is 2. The molecule has 20 heavy (non-hydrogen) atoms. The predicted octanol–water partition coefficient (Wildman–Crippen LogP) is 0.271. The van der Waals surface area contributed by atoms with Crippen LogP contribution in [0.2, 0.25) is 0 Å². The molecule has 3 atom stereocenters. The summed E-state index contributed by atoms with van der Waals surface area (Å²) in [4.78, 5) is 12.8. The van der Waals surface area contributed by atoms with E-state index in [4.69, 9.17) is 9.84 Å². The number of fused-ring (bicyclic) bond motifs is 1. The number of nitrogens with zero attached hydrogens (tertiary/aromatic N) is 4. The summed E-state index contributed by atoms with van der Waals surface area (Å²) < 4.78 is 7.79. The molecule has 0 aromatic carbocycles. The molecule has 0 unspecified atom stereocenters. The fourth-order valence-electron chi connectivity index (χ4n) is 2.33. The highest BCUT2D eigenvalue weighted by atomic mass is 79.9. The van der Waals surface area contributed by atoms with E-state index in [1.54, 1.807) is 17.9 Å². The van der Waals surface area contributed by atoms with Gasteiger partial charge in [0, 0.05) is 13.5 Å². The highest BCUT2D eigenvalue weighted by Crippen LogP contribution is 2.32. The third kappa shape index (κ3) is 2.16. The van der Waals surface area contributed by atoms with Crippen molar-refractivity contribution in [2.24, 2.45) is 0 Å². The zero-order valence-electron chi connectivity index (χ0n) is 10.7. The third-order valence-corrected chi connectivity index (χ3v) is 3.68. The van der Waals surface area contributed by atoms with E-state index in [0.717, 1.165) is 0 Å². The number of nitrogens with one attached hydrogen (secondary N) is 1. The van der Waals surface area contributed by atoms with Gasteiger partial charge in [0.05, 0.1) is 19.0 Å². The number of ether oxygens (including phenoxy) is 1. The zero-order chi connectivity index (χ0) is 14.3. The summed E-state index contributed by atoms with van der Waals surface area (Å²) in [6.45, 7) is -0.218. The van der Waals surface area contributed by atoms with E-state index in [1.165, 1.54) is 0 Å². The van der Waals surface area contributed by atoms with Gasteiger partial charge in [-0.1, -0.05) is 0 Å². The maximum atomic E-state index is 9.81. The lowest BCUT2D eigenvalue weighted by Gasteiger charge is -2.13.